The Balaban J connectivity index is 2.06. The van der Waals surface area contributed by atoms with Crippen molar-refractivity contribution in [3.05, 3.63) is 12.3 Å². The molecule has 0 spiro atoms. The van der Waals surface area contributed by atoms with Gasteiger partial charge in [0.05, 0.1) is 19.4 Å². The van der Waals surface area contributed by atoms with Crippen LogP contribution >= 0.6 is 0 Å². The molecule has 1 atom stereocenters. The second-order valence-corrected chi connectivity index (χ2v) is 6.25. The molecule has 18 heavy (non-hydrogen) atoms. The summed E-state index contributed by atoms with van der Waals surface area (Å²) in [5, 5.41) is 0. The molecule has 0 N–H and O–H groups in total. The molecule has 1 saturated carbocycles. The third-order valence-electron chi connectivity index (χ3n) is 3.58. The Morgan fingerprint density at radius 3 is 2.50 bits per heavy atom. The van der Waals surface area contributed by atoms with E-state index in [2.05, 4.69) is 0 Å². The summed E-state index contributed by atoms with van der Waals surface area (Å²) < 4.78 is 10.5. The van der Waals surface area contributed by atoms with Crippen LogP contribution in [0.1, 0.15) is 40.0 Å². The third-order valence-corrected chi connectivity index (χ3v) is 3.58. The minimum absolute atomic E-state index is 0.122. The molecule has 0 aromatic carbocycles. The van der Waals surface area contributed by atoms with E-state index in [1.165, 1.54) is 0 Å². The Kier molecular flexibility index (Phi) is 3.55. The molecule has 1 unspecified atom stereocenters. The summed E-state index contributed by atoms with van der Waals surface area (Å²) in [5.41, 5.74) is -0.437. The fourth-order valence-electron chi connectivity index (χ4n) is 2.79. The van der Waals surface area contributed by atoms with Crippen LogP contribution in [-0.4, -0.2) is 35.8 Å². The molecule has 2 saturated heterocycles. The fourth-order valence-corrected chi connectivity index (χ4v) is 2.79. The van der Waals surface area contributed by atoms with Gasteiger partial charge in [0.2, 0.25) is 0 Å². The van der Waals surface area contributed by atoms with Gasteiger partial charge in [0, 0.05) is 6.04 Å². The van der Waals surface area contributed by atoms with Gasteiger partial charge in [0.1, 0.15) is 5.60 Å². The van der Waals surface area contributed by atoms with Gasteiger partial charge in [-0.25, -0.2) is 4.79 Å². The quantitative estimate of drug-likeness (QED) is 0.710. The van der Waals surface area contributed by atoms with Crippen LogP contribution in [0.25, 0.3) is 0 Å². The maximum Gasteiger partial charge on any atom is 0.411 e. The summed E-state index contributed by atoms with van der Waals surface area (Å²) in [5.74, 6) is 0.764. The van der Waals surface area contributed by atoms with E-state index in [1.807, 2.05) is 31.7 Å². The zero-order valence-electron chi connectivity index (χ0n) is 11.7. The number of fused-ring (bicyclic) bond motifs is 2. The SMILES string of the molecule is COC=CC1CC2CC(C2)N1C(=O)OC(C)(C)C. The number of carbonyl (C=O) groups is 1. The standard InChI is InChI=1S/C14H23NO3/c1-14(2,3)18-13(16)15-11(5-6-17-4)7-10-8-12(15)9-10/h5-6,10-12H,7-9H2,1-4H3. The first kappa shape index (κ1) is 13.2. The monoisotopic (exact) mass is 253 g/mol. The average molecular weight is 253 g/mol. The van der Waals surface area contributed by atoms with Crippen molar-refractivity contribution in [1.29, 1.82) is 0 Å². The number of piperidine rings is 2. The molecule has 102 valence electrons. The summed E-state index contributed by atoms with van der Waals surface area (Å²) in [6.07, 6.45) is 6.69. The molecule has 2 heterocycles. The number of ether oxygens (including phenoxy) is 2. The highest BCUT2D eigenvalue weighted by molar-refractivity contribution is 5.70. The number of nitrogens with zero attached hydrogens (tertiary/aromatic N) is 1. The molecule has 4 heteroatoms. The minimum Gasteiger partial charge on any atom is -0.505 e. The van der Waals surface area contributed by atoms with Gasteiger partial charge in [-0.3, -0.25) is 4.90 Å². The molecule has 0 radical (unpaired) electrons. The Hall–Kier alpha value is -1.19. The van der Waals surface area contributed by atoms with Crippen LogP contribution in [0.3, 0.4) is 0 Å². The zero-order valence-corrected chi connectivity index (χ0v) is 11.7. The van der Waals surface area contributed by atoms with Gasteiger partial charge in [-0.2, -0.15) is 0 Å². The number of carbonyl (C=O) groups excluding carboxylic acids is 1. The number of rotatable bonds is 2. The van der Waals surface area contributed by atoms with Crippen molar-refractivity contribution in [1.82, 2.24) is 4.90 Å². The van der Waals surface area contributed by atoms with E-state index in [9.17, 15) is 4.79 Å². The molecule has 3 aliphatic rings. The van der Waals surface area contributed by atoms with Crippen molar-refractivity contribution in [2.45, 2.75) is 57.7 Å². The normalized spacial score (nSPS) is 31.1. The van der Waals surface area contributed by atoms with Crippen molar-refractivity contribution in [2.75, 3.05) is 7.11 Å². The molecule has 2 aliphatic heterocycles. The smallest absolute Gasteiger partial charge is 0.411 e. The first-order valence-corrected chi connectivity index (χ1v) is 6.61. The molecule has 0 aromatic heterocycles. The fraction of sp³-hybridized carbons (Fsp3) is 0.786. The van der Waals surface area contributed by atoms with E-state index in [0.29, 0.717) is 6.04 Å². The van der Waals surface area contributed by atoms with Gasteiger partial charge in [-0.05, 0) is 52.0 Å². The van der Waals surface area contributed by atoms with Gasteiger partial charge in [0.15, 0.2) is 0 Å². The minimum atomic E-state index is -0.437. The molecule has 0 aromatic rings. The lowest BCUT2D eigenvalue weighted by molar-refractivity contribution is -0.0413. The zero-order chi connectivity index (χ0) is 13.3. The van der Waals surface area contributed by atoms with Crippen LogP contribution in [0.5, 0.6) is 0 Å². The van der Waals surface area contributed by atoms with E-state index in [4.69, 9.17) is 9.47 Å². The van der Waals surface area contributed by atoms with E-state index < -0.39 is 5.60 Å². The van der Waals surface area contributed by atoms with Crippen molar-refractivity contribution in [3.63, 3.8) is 0 Å². The van der Waals surface area contributed by atoms with Crippen molar-refractivity contribution < 1.29 is 14.3 Å². The van der Waals surface area contributed by atoms with Crippen LogP contribution < -0.4 is 0 Å². The highest BCUT2D eigenvalue weighted by Crippen LogP contribution is 2.43. The molecular weight excluding hydrogens is 230 g/mol. The van der Waals surface area contributed by atoms with E-state index in [0.717, 1.165) is 25.2 Å². The molecule has 4 nitrogen and oxygen atoms in total. The maximum atomic E-state index is 12.3. The summed E-state index contributed by atoms with van der Waals surface area (Å²) in [7, 11) is 1.62. The van der Waals surface area contributed by atoms with Crippen LogP contribution in [0.15, 0.2) is 12.3 Å². The molecule has 1 amide bonds. The van der Waals surface area contributed by atoms with Gasteiger partial charge < -0.3 is 9.47 Å². The topological polar surface area (TPSA) is 38.8 Å². The summed E-state index contributed by atoms with van der Waals surface area (Å²) >= 11 is 0. The van der Waals surface area contributed by atoms with Crippen LogP contribution in [0.2, 0.25) is 0 Å². The largest absolute Gasteiger partial charge is 0.505 e. The first-order valence-electron chi connectivity index (χ1n) is 6.61. The lowest BCUT2D eigenvalue weighted by Gasteiger charge is -2.52. The van der Waals surface area contributed by atoms with Gasteiger partial charge in [-0.15, -0.1) is 0 Å². The van der Waals surface area contributed by atoms with Gasteiger partial charge in [-0.1, -0.05) is 0 Å². The summed E-state index contributed by atoms with van der Waals surface area (Å²) in [6, 6.07) is 0.474. The van der Waals surface area contributed by atoms with E-state index in [-0.39, 0.29) is 12.1 Å². The Bertz CT molecular complexity index is 339. The number of hydrogen-bond acceptors (Lipinski definition) is 3. The van der Waals surface area contributed by atoms with Crippen molar-refractivity contribution in [3.8, 4) is 0 Å². The predicted octanol–water partition coefficient (Wildman–Crippen LogP) is 2.93. The number of hydrogen-bond donors (Lipinski definition) is 0. The van der Waals surface area contributed by atoms with Crippen LogP contribution in [0.4, 0.5) is 4.79 Å². The van der Waals surface area contributed by atoms with Crippen molar-refractivity contribution >= 4 is 6.09 Å². The lowest BCUT2D eigenvalue weighted by Crippen LogP contribution is -2.59. The van der Waals surface area contributed by atoms with E-state index in [1.54, 1.807) is 13.4 Å². The Morgan fingerprint density at radius 1 is 1.28 bits per heavy atom. The molecule has 2 bridgehead atoms. The molecule has 3 rings (SSSR count). The molecular formula is C14H23NO3. The predicted molar refractivity (Wildman–Crippen MR) is 69.1 cm³/mol. The van der Waals surface area contributed by atoms with E-state index >= 15 is 0 Å². The average Bonchev–Trinajstić information content (AvgIpc) is 2.22. The van der Waals surface area contributed by atoms with Gasteiger partial charge >= 0.3 is 6.09 Å². The van der Waals surface area contributed by atoms with Gasteiger partial charge in [0.25, 0.3) is 0 Å². The lowest BCUT2D eigenvalue weighted by atomic mass is 9.71. The van der Waals surface area contributed by atoms with Crippen molar-refractivity contribution in [2.24, 2.45) is 5.92 Å². The van der Waals surface area contributed by atoms with Crippen LogP contribution in [-0.2, 0) is 9.47 Å². The van der Waals surface area contributed by atoms with Crippen LogP contribution in [0, 0.1) is 5.92 Å². The second kappa shape index (κ2) is 4.82. The Morgan fingerprint density at radius 2 is 1.94 bits per heavy atom. The summed E-state index contributed by atoms with van der Waals surface area (Å²) in [6.45, 7) is 5.70. The third kappa shape index (κ3) is 2.79. The first-order chi connectivity index (χ1) is 8.40. The summed E-state index contributed by atoms with van der Waals surface area (Å²) in [4.78, 5) is 14.1. The highest BCUT2D eigenvalue weighted by Gasteiger charge is 2.46. The Labute approximate surface area is 109 Å². The number of amides is 1. The number of methoxy groups -OCH3 is 1. The maximum absolute atomic E-state index is 12.3. The molecule has 3 fully saturated rings. The molecule has 1 aliphatic carbocycles. The highest BCUT2D eigenvalue weighted by atomic mass is 16.6. The second-order valence-electron chi connectivity index (χ2n) is 6.25.